The lowest BCUT2D eigenvalue weighted by Crippen LogP contribution is -2.48. The number of fused-ring (bicyclic) bond motifs is 4. The molecule has 140 valence electrons. The molecule has 1 aromatic carbocycles. The third kappa shape index (κ3) is 2.79. The van der Waals surface area contributed by atoms with Gasteiger partial charge in [0.25, 0.3) is 0 Å². The van der Waals surface area contributed by atoms with Gasteiger partial charge in [-0.15, -0.1) is 0 Å². The van der Waals surface area contributed by atoms with Crippen molar-refractivity contribution in [2.24, 2.45) is 11.8 Å². The predicted molar refractivity (Wildman–Crippen MR) is 104 cm³/mol. The van der Waals surface area contributed by atoms with Gasteiger partial charge in [0.05, 0.1) is 6.04 Å². The lowest BCUT2D eigenvalue weighted by molar-refractivity contribution is -0.119. The van der Waals surface area contributed by atoms with Gasteiger partial charge in [-0.05, 0) is 74.6 Å². The third-order valence-corrected chi connectivity index (χ3v) is 8.01. The van der Waals surface area contributed by atoms with E-state index in [1.54, 1.807) is 6.92 Å². The van der Waals surface area contributed by atoms with E-state index in [0.717, 1.165) is 24.3 Å². The Morgan fingerprint density at radius 1 is 1.08 bits per heavy atom. The minimum absolute atomic E-state index is 0.0944. The van der Waals surface area contributed by atoms with Gasteiger partial charge in [-0.3, -0.25) is 4.79 Å². The minimum atomic E-state index is 0.0944. The number of piperidine rings is 1. The standard InChI is InChI=1S/C23H32N2O/c1-16(26)24-22-15-23(21-5-3-2-4-20(21)22)8-10-25(11-9-23)19-13-17-6-7-18(12-17)14-19/h2-5,17-19,22H,6-15H2,1H3,(H,24,26). The topological polar surface area (TPSA) is 32.3 Å². The summed E-state index contributed by atoms with van der Waals surface area (Å²) in [6, 6.07) is 9.92. The van der Waals surface area contributed by atoms with Crippen molar-refractivity contribution in [3.8, 4) is 0 Å². The van der Waals surface area contributed by atoms with Crippen LogP contribution in [0.3, 0.4) is 0 Å². The van der Waals surface area contributed by atoms with Crippen molar-refractivity contribution in [1.29, 1.82) is 0 Å². The first kappa shape index (κ1) is 16.8. The number of hydrogen-bond acceptors (Lipinski definition) is 2. The zero-order valence-corrected chi connectivity index (χ0v) is 16.0. The molecule has 0 aromatic heterocycles. The molecule has 5 rings (SSSR count). The van der Waals surface area contributed by atoms with E-state index in [1.807, 2.05) is 0 Å². The lowest BCUT2D eigenvalue weighted by Gasteiger charge is -2.45. The molecule has 3 unspecified atom stereocenters. The second-order valence-electron chi connectivity index (χ2n) is 9.53. The highest BCUT2D eigenvalue weighted by Crippen LogP contribution is 2.52. The Labute approximate surface area is 157 Å². The molecular formula is C23H32N2O. The molecule has 1 aromatic rings. The summed E-state index contributed by atoms with van der Waals surface area (Å²) in [5, 5.41) is 3.21. The van der Waals surface area contributed by atoms with Crippen molar-refractivity contribution in [2.75, 3.05) is 13.1 Å². The molecule has 3 heteroatoms. The molecule has 1 N–H and O–H groups in total. The summed E-state index contributed by atoms with van der Waals surface area (Å²) < 4.78 is 0. The second kappa shape index (κ2) is 6.37. The largest absolute Gasteiger partial charge is 0.349 e. The Bertz CT molecular complexity index is 679. The molecule has 1 amide bonds. The quantitative estimate of drug-likeness (QED) is 0.866. The molecule has 3 nitrogen and oxygen atoms in total. The zero-order chi connectivity index (χ0) is 17.7. The molecule has 4 aliphatic rings. The maximum Gasteiger partial charge on any atom is 0.217 e. The van der Waals surface area contributed by atoms with Gasteiger partial charge in [-0.2, -0.15) is 0 Å². The van der Waals surface area contributed by atoms with Gasteiger partial charge in [-0.25, -0.2) is 0 Å². The van der Waals surface area contributed by atoms with Crippen LogP contribution in [0.1, 0.15) is 75.5 Å². The summed E-state index contributed by atoms with van der Waals surface area (Å²) in [4.78, 5) is 14.5. The first-order valence-corrected chi connectivity index (χ1v) is 10.7. The predicted octanol–water partition coefficient (Wildman–Crippen LogP) is 4.18. The van der Waals surface area contributed by atoms with Crippen molar-refractivity contribution in [2.45, 2.75) is 75.8 Å². The number of nitrogens with zero attached hydrogens (tertiary/aromatic N) is 1. The average molecular weight is 353 g/mol. The van der Waals surface area contributed by atoms with Crippen LogP contribution in [0.4, 0.5) is 0 Å². The molecule has 2 bridgehead atoms. The molecule has 3 fully saturated rings. The van der Waals surface area contributed by atoms with E-state index in [4.69, 9.17) is 0 Å². The van der Waals surface area contributed by atoms with Gasteiger partial charge in [0.2, 0.25) is 5.91 Å². The molecule has 0 radical (unpaired) electrons. The maximum absolute atomic E-state index is 11.7. The summed E-state index contributed by atoms with van der Waals surface area (Å²) in [6.45, 7) is 4.13. The molecule has 2 saturated carbocycles. The Morgan fingerprint density at radius 3 is 2.46 bits per heavy atom. The number of nitrogens with one attached hydrogen (secondary N) is 1. The van der Waals surface area contributed by atoms with Crippen molar-refractivity contribution in [1.82, 2.24) is 10.2 Å². The number of hydrogen-bond donors (Lipinski definition) is 1. The maximum atomic E-state index is 11.7. The smallest absolute Gasteiger partial charge is 0.217 e. The van der Waals surface area contributed by atoms with Gasteiger partial charge in [-0.1, -0.05) is 37.1 Å². The average Bonchev–Trinajstić information content (AvgIpc) is 3.13. The van der Waals surface area contributed by atoms with Gasteiger partial charge < -0.3 is 10.2 Å². The van der Waals surface area contributed by atoms with E-state index >= 15 is 0 Å². The highest BCUT2D eigenvalue weighted by molar-refractivity contribution is 5.73. The number of amides is 1. The fraction of sp³-hybridized carbons (Fsp3) is 0.696. The van der Waals surface area contributed by atoms with Gasteiger partial charge in [0.15, 0.2) is 0 Å². The molecule has 1 spiro atoms. The van der Waals surface area contributed by atoms with E-state index in [2.05, 4.69) is 34.5 Å². The second-order valence-corrected chi connectivity index (χ2v) is 9.53. The molecule has 1 aliphatic heterocycles. The molecule has 3 atom stereocenters. The number of likely N-dealkylation sites (tertiary alicyclic amines) is 1. The SMILES string of the molecule is CC(=O)NC1CC2(CCN(C3CC4CCC(C4)C3)CC2)c2ccccc21. The molecule has 26 heavy (non-hydrogen) atoms. The Hall–Kier alpha value is -1.35. The monoisotopic (exact) mass is 352 g/mol. The number of benzene rings is 1. The minimum Gasteiger partial charge on any atom is -0.349 e. The molecule has 1 saturated heterocycles. The van der Waals surface area contributed by atoms with Crippen LogP contribution in [0, 0.1) is 11.8 Å². The lowest BCUT2D eigenvalue weighted by atomic mass is 9.72. The van der Waals surface area contributed by atoms with Gasteiger partial charge in [0, 0.05) is 18.4 Å². The summed E-state index contributed by atoms with van der Waals surface area (Å²) in [7, 11) is 0. The van der Waals surface area contributed by atoms with Crippen LogP contribution in [0.15, 0.2) is 24.3 Å². The Morgan fingerprint density at radius 2 is 1.77 bits per heavy atom. The van der Waals surface area contributed by atoms with Crippen LogP contribution in [0.25, 0.3) is 0 Å². The van der Waals surface area contributed by atoms with Crippen molar-refractivity contribution >= 4 is 5.91 Å². The van der Waals surface area contributed by atoms with Crippen LogP contribution in [-0.2, 0) is 10.2 Å². The highest BCUT2D eigenvalue weighted by atomic mass is 16.1. The van der Waals surface area contributed by atoms with Crippen molar-refractivity contribution in [3.63, 3.8) is 0 Å². The number of carbonyl (C=O) groups excluding carboxylic acids is 1. The van der Waals surface area contributed by atoms with Crippen LogP contribution in [0.2, 0.25) is 0 Å². The third-order valence-electron chi connectivity index (χ3n) is 8.01. The van der Waals surface area contributed by atoms with Crippen LogP contribution in [-0.4, -0.2) is 29.9 Å². The van der Waals surface area contributed by atoms with E-state index in [-0.39, 0.29) is 17.4 Å². The summed E-state index contributed by atoms with van der Waals surface area (Å²) in [5.41, 5.74) is 3.17. The molecule has 1 heterocycles. The van der Waals surface area contributed by atoms with E-state index < -0.39 is 0 Å². The van der Waals surface area contributed by atoms with E-state index in [9.17, 15) is 4.79 Å². The van der Waals surface area contributed by atoms with Crippen molar-refractivity contribution < 1.29 is 4.79 Å². The highest BCUT2D eigenvalue weighted by Gasteiger charge is 2.47. The fourth-order valence-corrected chi connectivity index (χ4v) is 6.83. The Balaban J connectivity index is 1.32. The summed E-state index contributed by atoms with van der Waals surface area (Å²) in [5.74, 6) is 2.13. The Kier molecular flexibility index (Phi) is 4.11. The van der Waals surface area contributed by atoms with Crippen LogP contribution >= 0.6 is 0 Å². The summed E-state index contributed by atoms with van der Waals surface area (Å²) >= 11 is 0. The van der Waals surface area contributed by atoms with E-state index in [1.165, 1.54) is 69.2 Å². The van der Waals surface area contributed by atoms with Gasteiger partial charge in [0.1, 0.15) is 0 Å². The first-order valence-electron chi connectivity index (χ1n) is 10.7. The normalized spacial score (nSPS) is 35.4. The number of rotatable bonds is 2. The van der Waals surface area contributed by atoms with Crippen LogP contribution in [0.5, 0.6) is 0 Å². The van der Waals surface area contributed by atoms with Crippen LogP contribution < -0.4 is 5.32 Å². The fourth-order valence-electron chi connectivity index (χ4n) is 6.83. The number of carbonyl (C=O) groups is 1. The molecular weight excluding hydrogens is 320 g/mol. The summed E-state index contributed by atoms with van der Waals surface area (Å²) in [6.07, 6.45) is 11.0. The van der Waals surface area contributed by atoms with E-state index in [0.29, 0.717) is 0 Å². The first-order chi connectivity index (χ1) is 12.6. The van der Waals surface area contributed by atoms with Gasteiger partial charge >= 0.3 is 0 Å². The zero-order valence-electron chi connectivity index (χ0n) is 16.0. The molecule has 3 aliphatic carbocycles. The van der Waals surface area contributed by atoms with Crippen molar-refractivity contribution in [3.05, 3.63) is 35.4 Å².